The summed E-state index contributed by atoms with van der Waals surface area (Å²) in [5.41, 5.74) is 3.90. The molecular formula is C52H65F7N10O5Os. The number of hydrogen-bond donors (Lipinski definition) is 2. The first-order valence-electron chi connectivity index (χ1n) is 24.9. The number of nitrogens with zero attached hydrogens (tertiary/aromatic N) is 8. The molecule has 1 aromatic carbocycles. The Labute approximate surface area is 442 Å². The molecule has 0 aliphatic carbocycles. The van der Waals surface area contributed by atoms with E-state index in [-0.39, 0.29) is 72.9 Å². The first kappa shape index (κ1) is 57.5. The predicted octanol–water partition coefficient (Wildman–Crippen LogP) is 7.13. The summed E-state index contributed by atoms with van der Waals surface area (Å²) in [6, 6.07) is 1.25. The fourth-order valence-corrected chi connectivity index (χ4v) is 11.8. The summed E-state index contributed by atoms with van der Waals surface area (Å²) < 4.78 is 113. The van der Waals surface area contributed by atoms with Crippen molar-refractivity contribution in [1.82, 2.24) is 40.0 Å². The second kappa shape index (κ2) is 23.1. The first-order chi connectivity index (χ1) is 35.1. The minimum absolute atomic E-state index is 0.0154. The molecule has 3 saturated heterocycles. The average molecular weight is 1230 g/mol. The summed E-state index contributed by atoms with van der Waals surface area (Å²) >= 11 is 1.43. The van der Waals surface area contributed by atoms with Crippen LogP contribution in [-0.2, 0) is 50.2 Å². The SMILES string of the molecule is C=C1N=CC[C@H](N[C](=[Os])[C@H](C(C)C)N(C)C(=O)N2CC(C#CC(F)(F)F)C2)C(=O)N2CCC[C@H](N2)C(=O)OCC(C)(C)Cc2c(-c3cc(N4CCN(C)CC4)cnc3[C@H](C)OC)n(CC(F)(F)F)c3cc(F)c1cc23. The number of anilines is 1. The van der Waals surface area contributed by atoms with Gasteiger partial charge in [0.2, 0.25) is 0 Å². The van der Waals surface area contributed by atoms with Crippen LogP contribution in [0.2, 0.25) is 0 Å². The van der Waals surface area contributed by atoms with Crippen molar-refractivity contribution in [3.05, 3.63) is 53.6 Å². The monoisotopic (exact) mass is 1230 g/mol. The fraction of sp³-hybridized carbons (Fsp3) is 0.577. The van der Waals surface area contributed by atoms with Gasteiger partial charge >= 0.3 is 322 Å². The number of urea groups is 1. The van der Waals surface area contributed by atoms with Crippen LogP contribution in [0.15, 0.2) is 36.0 Å². The summed E-state index contributed by atoms with van der Waals surface area (Å²) in [4.78, 5) is 58.8. The summed E-state index contributed by atoms with van der Waals surface area (Å²) in [5.74, 6) is 0.568. The third-order valence-electron chi connectivity index (χ3n) is 14.0. The number of nitrogens with one attached hydrogen (secondary N) is 2. The number of fused-ring (bicyclic) bond motifs is 3. The van der Waals surface area contributed by atoms with Crippen LogP contribution in [0.3, 0.4) is 0 Å². The number of amides is 3. The number of cyclic esters (lactones) is 1. The average Bonchev–Trinajstić information content (AvgIpc) is 3.59. The van der Waals surface area contributed by atoms with Crippen molar-refractivity contribution < 1.29 is 72.7 Å². The van der Waals surface area contributed by atoms with E-state index in [1.165, 1.54) is 58.3 Å². The molecule has 4 bridgehead atoms. The number of methoxy groups -OCH3 is 1. The molecule has 4 aliphatic rings. The Kier molecular flexibility index (Phi) is 17.7. The van der Waals surface area contributed by atoms with Crippen molar-refractivity contribution in [2.24, 2.45) is 22.2 Å². The number of rotatable bonds is 10. The van der Waals surface area contributed by atoms with Crippen molar-refractivity contribution in [2.75, 3.05) is 78.5 Å². The quantitative estimate of drug-likeness (QED) is 0.123. The van der Waals surface area contributed by atoms with Crippen LogP contribution in [-0.4, -0.2) is 162 Å². The number of esters is 1. The molecule has 410 valence electrons. The van der Waals surface area contributed by atoms with Crippen LogP contribution < -0.4 is 15.6 Å². The van der Waals surface area contributed by atoms with Gasteiger partial charge in [0.15, 0.2) is 0 Å². The van der Waals surface area contributed by atoms with E-state index in [4.69, 9.17) is 14.5 Å². The van der Waals surface area contributed by atoms with Gasteiger partial charge in [0.25, 0.3) is 0 Å². The number of carbonyl (C=O) groups excluding carboxylic acids is 3. The van der Waals surface area contributed by atoms with E-state index in [1.54, 1.807) is 20.2 Å². The summed E-state index contributed by atoms with van der Waals surface area (Å²) in [6.07, 6.45) is -6.31. The number of hydrogen-bond acceptors (Lipinski definition) is 11. The Hall–Kier alpha value is -5.25. The van der Waals surface area contributed by atoms with Crippen LogP contribution in [0.1, 0.15) is 76.8 Å². The normalized spacial score (nSPS) is 21.3. The topological polar surface area (TPSA) is 140 Å². The van der Waals surface area contributed by atoms with Crippen molar-refractivity contribution in [3.8, 4) is 23.1 Å². The zero-order valence-electron chi connectivity index (χ0n) is 43.4. The number of aliphatic imine (C=N–C) groups is 1. The molecule has 6 heterocycles. The molecule has 75 heavy (non-hydrogen) atoms. The molecule has 3 aromatic rings. The molecule has 0 unspecified atom stereocenters. The summed E-state index contributed by atoms with van der Waals surface area (Å²) in [5, 5.41) is 4.92. The Morgan fingerprint density at radius 1 is 1.07 bits per heavy atom. The van der Waals surface area contributed by atoms with Crippen LogP contribution in [0, 0.1) is 34.9 Å². The van der Waals surface area contributed by atoms with Crippen molar-refractivity contribution in [2.45, 2.75) is 103 Å². The van der Waals surface area contributed by atoms with Gasteiger partial charge in [-0.1, -0.05) is 0 Å². The Bertz CT molecular complexity index is 2760. The van der Waals surface area contributed by atoms with Crippen LogP contribution in [0.4, 0.5) is 41.2 Å². The maximum atomic E-state index is 16.8. The van der Waals surface area contributed by atoms with Crippen LogP contribution >= 0.6 is 0 Å². The number of hydrazine groups is 1. The molecule has 3 amide bonds. The van der Waals surface area contributed by atoms with Gasteiger partial charge in [0.05, 0.1) is 23.7 Å². The number of ether oxygens (including phenoxy) is 2. The van der Waals surface area contributed by atoms with E-state index in [1.807, 2.05) is 40.8 Å². The van der Waals surface area contributed by atoms with Crippen molar-refractivity contribution in [3.63, 3.8) is 0 Å². The molecule has 0 saturated carbocycles. The number of benzene rings is 1. The number of aromatic nitrogens is 2. The maximum absolute atomic E-state index is 16.8. The predicted molar refractivity (Wildman–Crippen MR) is 267 cm³/mol. The van der Waals surface area contributed by atoms with Gasteiger partial charge < -0.3 is 14.5 Å². The summed E-state index contributed by atoms with van der Waals surface area (Å²) in [7, 11) is 5.06. The number of likely N-dealkylation sites (N-methyl/N-ethyl adjacent to an activating group) is 2. The van der Waals surface area contributed by atoms with Crippen LogP contribution in [0.25, 0.3) is 27.9 Å². The van der Waals surface area contributed by atoms with Gasteiger partial charge in [-0.15, -0.1) is 0 Å². The zero-order chi connectivity index (χ0) is 54.9. The first-order valence-corrected chi connectivity index (χ1v) is 26.1. The number of piperazine rings is 1. The van der Waals surface area contributed by atoms with E-state index in [0.717, 1.165) is 23.7 Å². The number of pyridine rings is 1. The van der Waals surface area contributed by atoms with Gasteiger partial charge in [0, 0.05) is 38.9 Å². The molecule has 4 atom stereocenters. The molecule has 3 fully saturated rings. The second-order valence-corrected chi connectivity index (χ2v) is 22.3. The van der Waals surface area contributed by atoms with Crippen LogP contribution in [0.5, 0.6) is 0 Å². The van der Waals surface area contributed by atoms with Crippen molar-refractivity contribution in [1.29, 1.82) is 0 Å². The van der Waals surface area contributed by atoms with E-state index in [0.29, 0.717) is 52.6 Å². The van der Waals surface area contributed by atoms with E-state index in [2.05, 4.69) is 38.0 Å². The Morgan fingerprint density at radius 2 is 1.76 bits per heavy atom. The third kappa shape index (κ3) is 13.7. The number of carbonyl (C=O) groups is 3. The van der Waals surface area contributed by atoms with E-state index < -0.39 is 78.2 Å². The summed E-state index contributed by atoms with van der Waals surface area (Å²) in [6.45, 7) is 14.6. The molecule has 0 spiro atoms. The molecule has 2 aromatic heterocycles. The minimum atomic E-state index is -4.76. The van der Waals surface area contributed by atoms with Crippen molar-refractivity contribution >= 4 is 50.6 Å². The molecular weight excluding hydrogens is 1170 g/mol. The van der Waals surface area contributed by atoms with Gasteiger partial charge in [-0.05, 0) is 20.0 Å². The molecule has 15 nitrogen and oxygen atoms in total. The van der Waals surface area contributed by atoms with Gasteiger partial charge in [-0.2, -0.15) is 13.2 Å². The standard InChI is InChI=1S/C52H65F7N10O5.Os/c1-31(2)44(65(8)49(72)67-27-34(28-67)12-14-51(54,55)56)26-61-41-13-15-60-32(3)36-22-37-39(24-50(5,6)30-74-48(71)42-11-10-16-69(63-42)47(41)70)46(68(29-52(57,58)59)43(37)23-40(36)53)38-21-35(25-62-45(38)33(4)73-9)66-19-17-64(7)18-20-66;/h15,21-23,25,31,33-34,41-42,44,61,63H,3,10-11,13,16-20,24,27-30H2,1-2,4-9H3;/t33-,41-,42-,44+;/m0./s1. The molecule has 4 aliphatic heterocycles. The second-order valence-electron chi connectivity index (χ2n) is 20.9. The third-order valence-corrected chi connectivity index (χ3v) is 15.2. The van der Waals surface area contributed by atoms with Gasteiger partial charge in [0.1, 0.15) is 6.54 Å². The molecule has 7 rings (SSSR count). The fourth-order valence-electron chi connectivity index (χ4n) is 9.97. The van der Waals surface area contributed by atoms with E-state index in [9.17, 15) is 40.7 Å². The Balaban J connectivity index is 1.30. The van der Waals surface area contributed by atoms with E-state index >= 15 is 4.39 Å². The van der Waals surface area contributed by atoms with Gasteiger partial charge in [-0.25, -0.2) is 0 Å². The zero-order valence-corrected chi connectivity index (χ0v) is 45.9. The molecule has 0 radical (unpaired) electrons. The Morgan fingerprint density at radius 3 is 2.40 bits per heavy atom. The molecule has 23 heteroatoms. The number of likely N-dealkylation sites (tertiary alicyclic amines) is 1. The molecule has 2 N–H and O–H groups in total. The number of halogens is 7. The number of alkyl halides is 6. The van der Waals surface area contributed by atoms with Gasteiger partial charge in [-0.3, -0.25) is 4.98 Å².